The molecule has 1 heterocycles. The van der Waals surface area contributed by atoms with E-state index in [2.05, 4.69) is 31.2 Å². The van der Waals surface area contributed by atoms with Crippen LogP contribution in [0.4, 0.5) is 0 Å². The number of hydrogen-bond donors (Lipinski definition) is 1. The van der Waals surface area contributed by atoms with Gasteiger partial charge in [-0.1, -0.05) is 56.9 Å². The topological polar surface area (TPSA) is 35.2 Å². The summed E-state index contributed by atoms with van der Waals surface area (Å²) in [6, 6.07) is 8.91. The van der Waals surface area contributed by atoms with Gasteiger partial charge in [0.15, 0.2) is 0 Å². The van der Waals surface area contributed by atoms with Gasteiger partial charge in [-0.3, -0.25) is 0 Å². The molecular weight excluding hydrogens is 234 g/mol. The van der Waals surface area contributed by atoms with Gasteiger partial charge in [0.25, 0.3) is 0 Å². The van der Waals surface area contributed by atoms with Crippen molar-refractivity contribution in [2.75, 3.05) is 6.61 Å². The Morgan fingerprint density at radius 2 is 2.11 bits per heavy atom. The second-order valence-electron chi connectivity index (χ2n) is 5.65. The summed E-state index contributed by atoms with van der Waals surface area (Å²) in [6.45, 7) is 3.08. The molecule has 0 spiro atoms. The molecule has 0 saturated heterocycles. The van der Waals surface area contributed by atoms with Crippen LogP contribution in [0.3, 0.4) is 0 Å². The molecule has 2 heteroatoms. The quantitative estimate of drug-likeness (QED) is 0.753. The van der Waals surface area contributed by atoms with Gasteiger partial charge in [0.2, 0.25) is 0 Å². The van der Waals surface area contributed by atoms with Gasteiger partial charge in [0.1, 0.15) is 0 Å². The molecule has 2 N–H and O–H groups in total. The summed E-state index contributed by atoms with van der Waals surface area (Å²) in [4.78, 5) is 0. The predicted octanol–water partition coefficient (Wildman–Crippen LogP) is 3.99. The highest BCUT2D eigenvalue weighted by Gasteiger charge is 2.22. The highest BCUT2D eigenvalue weighted by molar-refractivity contribution is 5.30. The second kappa shape index (κ2) is 7.66. The third-order valence-electron chi connectivity index (χ3n) is 4.04. The maximum Gasteiger partial charge on any atom is 0.0842 e. The summed E-state index contributed by atoms with van der Waals surface area (Å²) < 4.78 is 5.92. The minimum absolute atomic E-state index is 0.214. The number of ether oxygens (including phenoxy) is 1. The molecule has 0 amide bonds. The number of nitrogens with two attached hydrogens (primary N) is 1. The normalized spacial score (nSPS) is 20.0. The van der Waals surface area contributed by atoms with Gasteiger partial charge in [0.05, 0.1) is 12.7 Å². The lowest BCUT2D eigenvalue weighted by Gasteiger charge is -2.28. The van der Waals surface area contributed by atoms with Crippen LogP contribution in [0.25, 0.3) is 0 Å². The standard InChI is InChI=1S/C17H27NO/c1-2-3-4-5-9-15(18)13-17-16-10-7-6-8-14(16)11-12-19-17/h6-8,10,15,17H,2-5,9,11-13,18H2,1H3. The summed E-state index contributed by atoms with van der Waals surface area (Å²) in [5.74, 6) is 0. The number of unbranched alkanes of at least 4 members (excludes halogenated alkanes) is 3. The van der Waals surface area contributed by atoms with E-state index in [1.54, 1.807) is 0 Å². The lowest BCUT2D eigenvalue weighted by Crippen LogP contribution is -2.26. The first-order valence-corrected chi connectivity index (χ1v) is 7.76. The van der Waals surface area contributed by atoms with Crippen molar-refractivity contribution in [3.63, 3.8) is 0 Å². The summed E-state index contributed by atoms with van der Waals surface area (Å²) in [7, 11) is 0. The van der Waals surface area contributed by atoms with Gasteiger partial charge in [-0.15, -0.1) is 0 Å². The smallest absolute Gasteiger partial charge is 0.0842 e. The fourth-order valence-electron chi connectivity index (χ4n) is 2.90. The lowest BCUT2D eigenvalue weighted by molar-refractivity contribution is 0.0314. The summed E-state index contributed by atoms with van der Waals surface area (Å²) in [5, 5.41) is 0. The Balaban J connectivity index is 1.83. The Kier molecular flexibility index (Phi) is 5.87. The third-order valence-corrected chi connectivity index (χ3v) is 4.04. The maximum absolute atomic E-state index is 6.26. The van der Waals surface area contributed by atoms with Crippen molar-refractivity contribution in [3.05, 3.63) is 35.4 Å². The molecular formula is C17H27NO. The minimum Gasteiger partial charge on any atom is -0.373 e. The lowest BCUT2D eigenvalue weighted by atomic mass is 9.92. The minimum atomic E-state index is 0.214. The molecule has 19 heavy (non-hydrogen) atoms. The van der Waals surface area contributed by atoms with Gasteiger partial charge < -0.3 is 10.5 Å². The van der Waals surface area contributed by atoms with Crippen molar-refractivity contribution in [2.24, 2.45) is 5.73 Å². The second-order valence-corrected chi connectivity index (χ2v) is 5.65. The van der Waals surface area contributed by atoms with Crippen LogP contribution in [0.2, 0.25) is 0 Å². The van der Waals surface area contributed by atoms with Crippen LogP contribution in [0, 0.1) is 0 Å². The van der Waals surface area contributed by atoms with Crippen LogP contribution >= 0.6 is 0 Å². The molecule has 106 valence electrons. The van der Waals surface area contributed by atoms with Gasteiger partial charge in [-0.2, -0.15) is 0 Å². The zero-order valence-corrected chi connectivity index (χ0v) is 12.1. The number of benzene rings is 1. The van der Waals surface area contributed by atoms with E-state index in [1.165, 1.54) is 36.8 Å². The fraction of sp³-hybridized carbons (Fsp3) is 0.647. The molecule has 2 nitrogen and oxygen atoms in total. The maximum atomic E-state index is 6.26. The van der Waals surface area contributed by atoms with Crippen molar-refractivity contribution in [2.45, 2.75) is 64.0 Å². The fourth-order valence-corrected chi connectivity index (χ4v) is 2.90. The molecule has 1 aromatic carbocycles. The predicted molar refractivity (Wildman–Crippen MR) is 80.2 cm³/mol. The Hall–Kier alpha value is -0.860. The number of rotatable bonds is 7. The molecule has 1 aromatic rings. The van der Waals surface area contributed by atoms with E-state index in [4.69, 9.17) is 10.5 Å². The molecule has 2 unspecified atom stereocenters. The molecule has 1 aliphatic heterocycles. The first-order chi connectivity index (χ1) is 9.31. The van der Waals surface area contributed by atoms with E-state index >= 15 is 0 Å². The van der Waals surface area contributed by atoms with Gasteiger partial charge >= 0.3 is 0 Å². The zero-order valence-electron chi connectivity index (χ0n) is 12.1. The Bertz CT molecular complexity index is 377. The third kappa shape index (κ3) is 4.32. The highest BCUT2D eigenvalue weighted by atomic mass is 16.5. The van der Waals surface area contributed by atoms with Crippen LogP contribution in [0.1, 0.15) is 62.7 Å². The van der Waals surface area contributed by atoms with Crippen LogP contribution in [0.5, 0.6) is 0 Å². The largest absolute Gasteiger partial charge is 0.373 e. The average molecular weight is 261 g/mol. The molecule has 0 saturated carbocycles. The summed E-state index contributed by atoms with van der Waals surface area (Å²) in [5.41, 5.74) is 9.06. The van der Waals surface area contributed by atoms with E-state index < -0.39 is 0 Å². The van der Waals surface area contributed by atoms with Gasteiger partial charge in [-0.25, -0.2) is 0 Å². The van der Waals surface area contributed by atoms with Crippen LogP contribution in [-0.2, 0) is 11.2 Å². The summed E-state index contributed by atoms with van der Waals surface area (Å²) in [6.07, 6.45) is 8.52. The van der Waals surface area contributed by atoms with Crippen LogP contribution in [0.15, 0.2) is 24.3 Å². The molecule has 0 aromatic heterocycles. The molecule has 2 rings (SSSR count). The molecule has 0 bridgehead atoms. The van der Waals surface area contributed by atoms with Crippen molar-refractivity contribution in [3.8, 4) is 0 Å². The Labute approximate surface area is 117 Å². The van der Waals surface area contributed by atoms with E-state index in [1.807, 2.05) is 0 Å². The molecule has 0 aliphatic carbocycles. The van der Waals surface area contributed by atoms with Crippen molar-refractivity contribution < 1.29 is 4.74 Å². The zero-order chi connectivity index (χ0) is 13.5. The van der Waals surface area contributed by atoms with E-state index in [0.717, 1.165) is 25.9 Å². The monoisotopic (exact) mass is 261 g/mol. The van der Waals surface area contributed by atoms with E-state index in [9.17, 15) is 0 Å². The van der Waals surface area contributed by atoms with Crippen LogP contribution in [-0.4, -0.2) is 12.6 Å². The average Bonchev–Trinajstić information content (AvgIpc) is 2.44. The van der Waals surface area contributed by atoms with Gasteiger partial charge in [-0.05, 0) is 30.4 Å². The van der Waals surface area contributed by atoms with Crippen molar-refractivity contribution in [1.82, 2.24) is 0 Å². The van der Waals surface area contributed by atoms with E-state index in [-0.39, 0.29) is 12.1 Å². The van der Waals surface area contributed by atoms with Crippen molar-refractivity contribution in [1.29, 1.82) is 0 Å². The molecule has 0 radical (unpaired) electrons. The first kappa shape index (κ1) is 14.5. The number of hydrogen-bond acceptors (Lipinski definition) is 2. The highest BCUT2D eigenvalue weighted by Crippen LogP contribution is 2.30. The SMILES string of the molecule is CCCCCCC(N)CC1OCCc2ccccc21. The summed E-state index contributed by atoms with van der Waals surface area (Å²) >= 11 is 0. The molecule has 2 atom stereocenters. The number of fused-ring (bicyclic) bond motifs is 1. The Morgan fingerprint density at radius 3 is 2.95 bits per heavy atom. The van der Waals surface area contributed by atoms with Crippen LogP contribution < -0.4 is 5.73 Å². The van der Waals surface area contributed by atoms with E-state index in [0.29, 0.717) is 0 Å². The first-order valence-electron chi connectivity index (χ1n) is 7.76. The molecule has 1 aliphatic rings. The Morgan fingerprint density at radius 1 is 1.26 bits per heavy atom. The molecule has 0 fully saturated rings. The van der Waals surface area contributed by atoms with Gasteiger partial charge in [0, 0.05) is 6.04 Å². The van der Waals surface area contributed by atoms with Crippen molar-refractivity contribution >= 4 is 0 Å².